The normalized spacial score (nSPS) is 11.8. The highest BCUT2D eigenvalue weighted by Gasteiger charge is 2.36. The van der Waals surface area contributed by atoms with Crippen molar-refractivity contribution in [1.82, 2.24) is 0 Å². The zero-order valence-corrected chi connectivity index (χ0v) is 17.7. The maximum absolute atomic E-state index is 12.5. The second-order valence-corrected chi connectivity index (χ2v) is 12.6. The molecule has 2 aromatic rings. The molecular formula is C20H27IO3S+. The molecule has 2 aromatic carbocycles. The van der Waals surface area contributed by atoms with E-state index in [1.54, 1.807) is 0 Å². The van der Waals surface area contributed by atoms with E-state index in [1.165, 1.54) is 19.3 Å². The molecule has 2 rings (SSSR count). The molecule has 0 aromatic heterocycles. The molecule has 0 aliphatic heterocycles. The number of halogens is 1. The minimum Gasteiger partial charge on any atom is -0.196 e. The second-order valence-electron chi connectivity index (χ2n) is 5.93. The molecule has 0 N–H and O–H groups in total. The fourth-order valence-corrected chi connectivity index (χ4v) is 9.69. The van der Waals surface area contributed by atoms with Gasteiger partial charge in [0.25, 0.3) is 0 Å². The SMILES string of the molecule is CCCCCCCCS(=O)(=O)O[I+](c1ccccc1)c1ccccc1. The summed E-state index contributed by atoms with van der Waals surface area (Å²) < 4.78 is 32.8. The van der Waals surface area contributed by atoms with Crippen LogP contribution in [0.1, 0.15) is 45.4 Å². The molecule has 25 heavy (non-hydrogen) atoms. The highest BCUT2D eigenvalue weighted by atomic mass is 127. The summed E-state index contributed by atoms with van der Waals surface area (Å²) in [5.41, 5.74) is 0. The summed E-state index contributed by atoms with van der Waals surface area (Å²) in [7, 11) is -3.50. The topological polar surface area (TPSA) is 43.4 Å². The van der Waals surface area contributed by atoms with Crippen molar-refractivity contribution in [3.63, 3.8) is 0 Å². The lowest BCUT2D eigenvalue weighted by Gasteiger charge is -2.06. The van der Waals surface area contributed by atoms with Gasteiger partial charge in [-0.25, -0.2) is 0 Å². The van der Waals surface area contributed by atoms with E-state index >= 15 is 0 Å². The molecule has 3 nitrogen and oxygen atoms in total. The molecule has 1 radical (unpaired) electrons. The summed E-state index contributed by atoms with van der Waals surface area (Å²) in [6.45, 7) is 2.18. The van der Waals surface area contributed by atoms with Crippen LogP contribution in [0.5, 0.6) is 0 Å². The lowest BCUT2D eigenvalue weighted by Crippen LogP contribution is -3.85. The van der Waals surface area contributed by atoms with Crippen molar-refractivity contribution >= 4 is 10.1 Å². The van der Waals surface area contributed by atoms with E-state index in [2.05, 4.69) is 6.92 Å². The minimum absolute atomic E-state index is 0.118. The van der Waals surface area contributed by atoms with Gasteiger partial charge in [-0.05, 0) is 33.2 Å². The Balaban J connectivity index is 2.01. The third kappa shape index (κ3) is 7.46. The summed E-state index contributed by atoms with van der Waals surface area (Å²) in [6.07, 6.45) is 6.34. The van der Waals surface area contributed by atoms with Crippen molar-refractivity contribution in [2.75, 3.05) is 5.75 Å². The molecule has 0 aliphatic carbocycles. The van der Waals surface area contributed by atoms with Crippen LogP contribution in [0.4, 0.5) is 0 Å². The molecular weight excluding hydrogens is 447 g/mol. The van der Waals surface area contributed by atoms with Crippen LogP contribution in [0, 0.1) is 7.14 Å². The second kappa shape index (κ2) is 10.9. The van der Waals surface area contributed by atoms with E-state index in [0.29, 0.717) is 6.42 Å². The first-order valence-corrected chi connectivity index (χ1v) is 13.5. The van der Waals surface area contributed by atoms with Gasteiger partial charge >= 0.3 is 30.4 Å². The van der Waals surface area contributed by atoms with Gasteiger partial charge in [0.2, 0.25) is 0 Å². The van der Waals surface area contributed by atoms with E-state index in [4.69, 9.17) is 2.51 Å². The summed E-state index contributed by atoms with van der Waals surface area (Å²) in [5, 5.41) is 0. The Hall–Kier alpha value is -0.920. The van der Waals surface area contributed by atoms with E-state index in [9.17, 15) is 8.42 Å². The van der Waals surface area contributed by atoms with Crippen LogP contribution >= 0.6 is 0 Å². The zero-order chi connectivity index (χ0) is 18.0. The first-order valence-electron chi connectivity index (χ1n) is 8.85. The molecule has 0 atom stereocenters. The third-order valence-corrected chi connectivity index (χ3v) is 11.3. The van der Waals surface area contributed by atoms with Gasteiger partial charge in [0.05, 0.1) is 5.75 Å². The fourth-order valence-electron chi connectivity index (χ4n) is 2.44. The molecule has 0 bridgehead atoms. The highest BCUT2D eigenvalue weighted by molar-refractivity contribution is 7.86. The van der Waals surface area contributed by atoms with E-state index < -0.39 is 30.4 Å². The summed E-state index contributed by atoms with van der Waals surface area (Å²) >= 11 is -2.44. The van der Waals surface area contributed by atoms with Gasteiger partial charge < -0.3 is 0 Å². The monoisotopic (exact) mass is 474 g/mol. The Morgan fingerprint density at radius 2 is 1.24 bits per heavy atom. The van der Waals surface area contributed by atoms with E-state index in [-0.39, 0.29) is 5.75 Å². The van der Waals surface area contributed by atoms with Crippen LogP contribution in [-0.2, 0) is 12.6 Å². The zero-order valence-electron chi connectivity index (χ0n) is 14.7. The van der Waals surface area contributed by atoms with Crippen molar-refractivity contribution in [3.05, 3.63) is 67.8 Å². The molecule has 0 aliphatic rings. The Morgan fingerprint density at radius 1 is 0.760 bits per heavy atom. The van der Waals surface area contributed by atoms with Crippen LogP contribution in [0.3, 0.4) is 0 Å². The maximum Gasteiger partial charge on any atom is 0.324 e. The van der Waals surface area contributed by atoms with Gasteiger partial charge in [0.15, 0.2) is 7.14 Å². The van der Waals surface area contributed by atoms with E-state index in [1.807, 2.05) is 60.7 Å². The van der Waals surface area contributed by atoms with Crippen molar-refractivity contribution in [3.8, 4) is 0 Å². The van der Waals surface area contributed by atoms with Gasteiger partial charge in [-0.1, -0.05) is 75.4 Å². The number of benzene rings is 2. The van der Waals surface area contributed by atoms with Crippen molar-refractivity contribution in [1.29, 1.82) is 0 Å². The Kier molecular flexibility index (Phi) is 8.92. The molecule has 0 saturated heterocycles. The fraction of sp³-hybridized carbons (Fsp3) is 0.400. The van der Waals surface area contributed by atoms with Gasteiger partial charge in [0, 0.05) is 0 Å². The van der Waals surface area contributed by atoms with Crippen LogP contribution in [0.25, 0.3) is 0 Å². The van der Waals surface area contributed by atoms with Gasteiger partial charge in [-0.2, -0.15) is 8.42 Å². The first kappa shape index (κ1) is 20.4. The average Bonchev–Trinajstić information content (AvgIpc) is 2.64. The predicted octanol–water partition coefficient (Wildman–Crippen LogP) is 1.97. The smallest absolute Gasteiger partial charge is 0.196 e. The molecule has 0 spiro atoms. The Bertz CT molecular complexity index is 663. The van der Waals surface area contributed by atoms with E-state index in [0.717, 1.165) is 20.0 Å². The number of hydrogen-bond donors (Lipinski definition) is 0. The van der Waals surface area contributed by atoms with Crippen LogP contribution < -0.4 is 20.2 Å². The summed E-state index contributed by atoms with van der Waals surface area (Å²) in [4.78, 5) is 0. The lowest BCUT2D eigenvalue weighted by atomic mass is 10.1. The molecule has 0 amide bonds. The lowest BCUT2D eigenvalue weighted by molar-refractivity contribution is -1.03. The standard InChI is InChI=1S/C20H27IO3S/c1-2-3-4-5-6-13-18-25(22,23)24-21(19-14-9-7-10-15-19)20-16-11-8-12-17-20/h7-12,14-17H,2-6,13,18H2,1H3/q+1. The molecule has 5 heteroatoms. The average molecular weight is 474 g/mol. The number of unbranched alkanes of at least 4 members (excludes halogenated alkanes) is 5. The van der Waals surface area contributed by atoms with Gasteiger partial charge in [-0.3, -0.25) is 0 Å². The molecule has 0 saturated carbocycles. The molecule has 0 unspecified atom stereocenters. The van der Waals surface area contributed by atoms with Crippen LogP contribution in [0.15, 0.2) is 60.7 Å². The number of rotatable bonds is 11. The Labute approximate surface area is 159 Å². The predicted molar refractivity (Wildman–Crippen MR) is 98.5 cm³/mol. The van der Waals surface area contributed by atoms with Crippen molar-refractivity contribution in [2.24, 2.45) is 0 Å². The van der Waals surface area contributed by atoms with Gasteiger partial charge in [-0.15, -0.1) is 0 Å². The molecule has 0 fully saturated rings. The molecule has 137 valence electrons. The number of hydrogen-bond acceptors (Lipinski definition) is 3. The summed E-state index contributed by atoms with van der Waals surface area (Å²) in [5.74, 6) is 0.118. The van der Waals surface area contributed by atoms with Crippen LogP contribution in [0.2, 0.25) is 0 Å². The minimum atomic E-state index is -3.50. The van der Waals surface area contributed by atoms with Gasteiger partial charge in [0.1, 0.15) is 0 Å². The van der Waals surface area contributed by atoms with Crippen LogP contribution in [-0.4, -0.2) is 14.2 Å². The maximum atomic E-state index is 12.5. The van der Waals surface area contributed by atoms with Crippen molar-refractivity contribution in [2.45, 2.75) is 45.4 Å². The Morgan fingerprint density at radius 3 is 1.76 bits per heavy atom. The third-order valence-electron chi connectivity index (χ3n) is 3.77. The quantitative estimate of drug-likeness (QED) is 0.370. The first-order chi connectivity index (χ1) is 12.1. The largest absolute Gasteiger partial charge is 0.324 e. The summed E-state index contributed by atoms with van der Waals surface area (Å²) in [6, 6.07) is 19.5. The highest BCUT2D eigenvalue weighted by Crippen LogP contribution is 2.06. The molecule has 0 heterocycles. The van der Waals surface area contributed by atoms with Crippen molar-refractivity contribution < 1.29 is 31.2 Å².